The molecule has 35 heavy (non-hydrogen) atoms. The highest BCUT2D eigenvalue weighted by atomic mass is 35.5. The first kappa shape index (κ1) is 22.4. The molecule has 3 aliphatic rings. The minimum absolute atomic E-state index is 0.195. The van der Waals surface area contributed by atoms with Gasteiger partial charge in [-0.1, -0.05) is 59.1 Å². The number of hydrogen-bond donors (Lipinski definition) is 0. The predicted molar refractivity (Wildman–Crippen MR) is 136 cm³/mol. The van der Waals surface area contributed by atoms with Crippen molar-refractivity contribution in [2.45, 2.75) is 12.1 Å². The van der Waals surface area contributed by atoms with Crippen molar-refractivity contribution < 1.29 is 14.4 Å². The molecule has 0 bridgehead atoms. The van der Waals surface area contributed by atoms with Crippen molar-refractivity contribution in [2.75, 3.05) is 4.90 Å². The molecule has 2 amide bonds. The van der Waals surface area contributed by atoms with Gasteiger partial charge in [0.1, 0.15) is 6.04 Å². The van der Waals surface area contributed by atoms with Gasteiger partial charge in [0.2, 0.25) is 11.8 Å². The molecular formula is C27H17Cl3N2O3. The van der Waals surface area contributed by atoms with Crippen molar-refractivity contribution in [3.05, 3.63) is 105 Å². The van der Waals surface area contributed by atoms with Crippen LogP contribution in [0.15, 0.2) is 72.9 Å². The van der Waals surface area contributed by atoms with Crippen LogP contribution in [0, 0.1) is 11.8 Å². The molecule has 5 nitrogen and oxygen atoms in total. The van der Waals surface area contributed by atoms with E-state index in [0.29, 0.717) is 15.6 Å². The SMILES string of the molecule is O=C(c1ccc(Cl)cc1)[C@H]1[C@H]2C(=O)N(c3ccc(Cl)cc3Cl)C(=O)[C@H]2C2c3ccccc3C=CN21. The lowest BCUT2D eigenvalue weighted by atomic mass is 9.83. The van der Waals surface area contributed by atoms with Crippen LogP contribution in [0.1, 0.15) is 27.5 Å². The summed E-state index contributed by atoms with van der Waals surface area (Å²) in [6.07, 6.45) is 3.74. The molecule has 3 heterocycles. The summed E-state index contributed by atoms with van der Waals surface area (Å²) in [6.45, 7) is 0. The van der Waals surface area contributed by atoms with Gasteiger partial charge in [-0.2, -0.15) is 0 Å². The molecule has 0 spiro atoms. The number of halogens is 3. The van der Waals surface area contributed by atoms with E-state index in [1.54, 1.807) is 36.4 Å². The van der Waals surface area contributed by atoms with Crippen LogP contribution in [0.5, 0.6) is 0 Å². The summed E-state index contributed by atoms with van der Waals surface area (Å²) in [5, 5.41) is 1.10. The maximum atomic E-state index is 13.9. The summed E-state index contributed by atoms with van der Waals surface area (Å²) < 4.78 is 0. The monoisotopic (exact) mass is 522 g/mol. The van der Waals surface area contributed by atoms with Crippen LogP contribution in [-0.4, -0.2) is 28.5 Å². The van der Waals surface area contributed by atoms with Gasteiger partial charge in [0.15, 0.2) is 5.78 Å². The first-order chi connectivity index (χ1) is 16.9. The molecule has 3 aromatic rings. The van der Waals surface area contributed by atoms with Crippen molar-refractivity contribution in [1.82, 2.24) is 4.90 Å². The molecule has 8 heteroatoms. The van der Waals surface area contributed by atoms with Crippen LogP contribution in [0.2, 0.25) is 15.1 Å². The number of ketones is 1. The van der Waals surface area contributed by atoms with Gasteiger partial charge in [0.05, 0.1) is 28.6 Å². The number of amides is 2. The number of hydrogen-bond acceptors (Lipinski definition) is 4. The Morgan fingerprint density at radius 3 is 2.23 bits per heavy atom. The van der Waals surface area contributed by atoms with Gasteiger partial charge in [0.25, 0.3) is 0 Å². The summed E-state index contributed by atoms with van der Waals surface area (Å²) in [6, 6.07) is 17.6. The third kappa shape index (κ3) is 3.33. The molecular weight excluding hydrogens is 507 g/mol. The molecule has 0 aromatic heterocycles. The van der Waals surface area contributed by atoms with E-state index in [0.717, 1.165) is 16.0 Å². The van der Waals surface area contributed by atoms with Crippen LogP contribution in [0.25, 0.3) is 6.08 Å². The number of rotatable bonds is 3. The van der Waals surface area contributed by atoms with E-state index in [1.165, 1.54) is 6.07 Å². The third-order valence-corrected chi connectivity index (χ3v) is 7.80. The summed E-state index contributed by atoms with van der Waals surface area (Å²) in [5.41, 5.74) is 2.55. The quantitative estimate of drug-likeness (QED) is 0.310. The lowest BCUT2D eigenvalue weighted by Gasteiger charge is -2.35. The van der Waals surface area contributed by atoms with E-state index in [4.69, 9.17) is 34.8 Å². The Labute approximate surface area is 216 Å². The smallest absolute Gasteiger partial charge is 0.240 e. The number of fused-ring (bicyclic) bond motifs is 5. The van der Waals surface area contributed by atoms with E-state index < -0.39 is 29.8 Å². The van der Waals surface area contributed by atoms with E-state index in [2.05, 4.69) is 0 Å². The van der Waals surface area contributed by atoms with E-state index in [-0.39, 0.29) is 22.4 Å². The molecule has 2 fully saturated rings. The Kier molecular flexibility index (Phi) is 5.26. The summed E-state index contributed by atoms with van der Waals surface area (Å²) in [7, 11) is 0. The number of nitrogens with zero attached hydrogens (tertiary/aromatic N) is 2. The van der Waals surface area contributed by atoms with E-state index >= 15 is 0 Å². The second kappa shape index (κ2) is 8.23. The highest BCUT2D eigenvalue weighted by Gasteiger charge is 2.64. The van der Waals surface area contributed by atoms with Crippen LogP contribution < -0.4 is 4.90 Å². The largest absolute Gasteiger partial charge is 0.358 e. The van der Waals surface area contributed by atoms with Crippen molar-refractivity contribution >= 4 is 64.2 Å². The summed E-state index contributed by atoms with van der Waals surface area (Å²) in [5.74, 6) is -2.69. The standard InChI is InChI=1S/C27H17Cl3N2O3/c28-16-7-5-15(6-8-16)25(33)24-22-21(23-18-4-2-1-3-14(18)11-12-31(23)24)26(34)32(27(22)35)20-10-9-17(29)13-19(20)30/h1-13,21-24H/t21-,22+,23?,24-/m1/s1. The highest BCUT2D eigenvalue weighted by molar-refractivity contribution is 6.38. The van der Waals surface area contributed by atoms with Gasteiger partial charge < -0.3 is 4.90 Å². The fourth-order valence-corrected chi connectivity index (χ4v) is 6.16. The Hall–Kier alpha value is -3.12. The van der Waals surface area contributed by atoms with E-state index in [1.807, 2.05) is 41.4 Å². The third-order valence-electron chi connectivity index (χ3n) is 7.01. The fourth-order valence-electron chi connectivity index (χ4n) is 5.54. The Balaban J connectivity index is 1.50. The van der Waals surface area contributed by atoms with Crippen molar-refractivity contribution in [3.8, 4) is 0 Å². The van der Waals surface area contributed by atoms with Crippen LogP contribution in [0.4, 0.5) is 5.69 Å². The highest BCUT2D eigenvalue weighted by Crippen LogP contribution is 2.54. The van der Waals surface area contributed by atoms with Gasteiger partial charge in [-0.25, -0.2) is 4.90 Å². The topological polar surface area (TPSA) is 57.7 Å². The fraction of sp³-hybridized carbons (Fsp3) is 0.148. The average Bonchev–Trinajstić information content (AvgIpc) is 3.32. The minimum atomic E-state index is -0.877. The molecule has 4 atom stereocenters. The zero-order valence-corrected chi connectivity index (χ0v) is 20.3. The van der Waals surface area contributed by atoms with E-state index in [9.17, 15) is 14.4 Å². The predicted octanol–water partition coefficient (Wildman–Crippen LogP) is 6.05. The molecule has 0 N–H and O–H groups in total. The van der Waals surface area contributed by atoms with Crippen molar-refractivity contribution in [2.24, 2.45) is 11.8 Å². The van der Waals surface area contributed by atoms with Gasteiger partial charge in [-0.3, -0.25) is 14.4 Å². The molecule has 3 aliphatic heterocycles. The van der Waals surface area contributed by atoms with Gasteiger partial charge in [0, 0.05) is 21.8 Å². The molecule has 174 valence electrons. The lowest BCUT2D eigenvalue weighted by Crippen LogP contribution is -2.44. The average molecular weight is 524 g/mol. The summed E-state index contributed by atoms with van der Waals surface area (Å²) >= 11 is 18.5. The molecule has 0 aliphatic carbocycles. The molecule has 3 aromatic carbocycles. The normalized spacial score (nSPS) is 24.4. The second-order valence-electron chi connectivity index (χ2n) is 8.81. The van der Waals surface area contributed by atoms with Gasteiger partial charge in [-0.05, 0) is 59.7 Å². The maximum Gasteiger partial charge on any atom is 0.240 e. The Morgan fingerprint density at radius 2 is 1.49 bits per heavy atom. The van der Waals surface area contributed by atoms with Crippen LogP contribution >= 0.6 is 34.8 Å². The Bertz CT molecular complexity index is 1440. The number of imide groups is 1. The van der Waals surface area contributed by atoms with Crippen LogP contribution in [0.3, 0.4) is 0 Å². The van der Waals surface area contributed by atoms with Gasteiger partial charge in [-0.15, -0.1) is 0 Å². The molecule has 6 rings (SSSR count). The van der Waals surface area contributed by atoms with Crippen LogP contribution in [-0.2, 0) is 9.59 Å². The first-order valence-electron chi connectivity index (χ1n) is 11.0. The Morgan fingerprint density at radius 1 is 0.800 bits per heavy atom. The molecule has 2 saturated heterocycles. The lowest BCUT2D eigenvalue weighted by molar-refractivity contribution is -0.123. The first-order valence-corrected chi connectivity index (χ1v) is 12.2. The van der Waals surface area contributed by atoms with Gasteiger partial charge >= 0.3 is 0 Å². The molecule has 1 unspecified atom stereocenters. The zero-order chi connectivity index (χ0) is 24.4. The number of benzene rings is 3. The minimum Gasteiger partial charge on any atom is -0.358 e. The van der Waals surface area contributed by atoms with Crippen molar-refractivity contribution in [1.29, 1.82) is 0 Å². The second-order valence-corrected chi connectivity index (χ2v) is 10.1. The number of anilines is 1. The summed E-state index contributed by atoms with van der Waals surface area (Å²) in [4.78, 5) is 44.6. The van der Waals surface area contributed by atoms with Crippen molar-refractivity contribution in [3.63, 3.8) is 0 Å². The number of carbonyl (C=O) groups excluding carboxylic acids is 3. The zero-order valence-electron chi connectivity index (χ0n) is 18.1. The molecule has 0 saturated carbocycles. The maximum absolute atomic E-state index is 13.9. The molecule has 0 radical (unpaired) electrons. The number of Topliss-reactive ketones (excluding diaryl/α,β-unsaturated/α-hetero) is 1. The number of carbonyl (C=O) groups is 3.